The molecule has 0 bridgehead atoms. The van der Waals surface area contributed by atoms with Crippen LogP contribution in [0.4, 0.5) is 0 Å². The summed E-state index contributed by atoms with van der Waals surface area (Å²) >= 11 is 1.77. The lowest BCUT2D eigenvalue weighted by molar-refractivity contribution is -0.163. The van der Waals surface area contributed by atoms with Crippen molar-refractivity contribution in [3.05, 3.63) is 0 Å². The molecule has 0 aromatic heterocycles. The minimum absolute atomic E-state index is 0.318. The van der Waals surface area contributed by atoms with Crippen LogP contribution in [0.2, 0.25) is 0 Å². The number of ether oxygens (including phenoxy) is 1. The van der Waals surface area contributed by atoms with Crippen molar-refractivity contribution in [2.75, 3.05) is 11.5 Å². The molecular weight excluding hydrogens is 224 g/mol. The van der Waals surface area contributed by atoms with Gasteiger partial charge >= 0.3 is 5.97 Å². The highest BCUT2D eigenvalue weighted by Crippen LogP contribution is 2.16. The fraction of sp³-hybridized carbons (Fsp3) is 0.917. The number of hydrogen-bond acceptors (Lipinski definition) is 4. The van der Waals surface area contributed by atoms with Gasteiger partial charge in [0, 0.05) is 0 Å². The third kappa shape index (κ3) is 7.12. The molecule has 0 aromatic rings. The van der Waals surface area contributed by atoms with Crippen LogP contribution in [0.5, 0.6) is 0 Å². The van der Waals surface area contributed by atoms with Gasteiger partial charge in [0.1, 0.15) is 5.60 Å². The van der Waals surface area contributed by atoms with E-state index in [2.05, 4.69) is 6.92 Å². The maximum Gasteiger partial charge on any atom is 0.311 e. The molecule has 2 unspecified atom stereocenters. The first-order valence-corrected chi connectivity index (χ1v) is 6.92. The van der Waals surface area contributed by atoms with Gasteiger partial charge in [0.2, 0.25) is 0 Å². The second-order valence-electron chi connectivity index (χ2n) is 4.88. The van der Waals surface area contributed by atoms with E-state index in [-0.39, 0.29) is 5.97 Å². The summed E-state index contributed by atoms with van der Waals surface area (Å²) in [6, 6.07) is 0. The molecule has 3 nitrogen and oxygen atoms in total. The normalized spacial score (nSPS) is 15.6. The summed E-state index contributed by atoms with van der Waals surface area (Å²) in [7, 11) is 0. The Morgan fingerprint density at radius 3 is 2.44 bits per heavy atom. The number of carbonyl (C=O) groups is 1. The minimum Gasteiger partial charge on any atom is -0.460 e. The molecule has 1 N–H and O–H groups in total. The highest BCUT2D eigenvalue weighted by atomic mass is 32.2. The molecule has 0 fully saturated rings. The number of hydrogen-bond donors (Lipinski definition) is 1. The Morgan fingerprint density at radius 1 is 1.44 bits per heavy atom. The first-order valence-electron chi connectivity index (χ1n) is 5.76. The zero-order chi connectivity index (χ0) is 12.8. The Labute approximate surface area is 103 Å². The van der Waals surface area contributed by atoms with Crippen molar-refractivity contribution in [2.24, 2.45) is 5.92 Å². The molecule has 0 rings (SSSR count). The van der Waals surface area contributed by atoms with Crippen molar-refractivity contribution in [3.63, 3.8) is 0 Å². The Bertz CT molecular complexity index is 211. The molecule has 0 aromatic carbocycles. The van der Waals surface area contributed by atoms with Crippen LogP contribution in [-0.2, 0) is 9.53 Å². The number of thioether (sulfide) groups is 1. The van der Waals surface area contributed by atoms with Crippen molar-refractivity contribution in [1.29, 1.82) is 0 Å². The van der Waals surface area contributed by atoms with E-state index in [1.54, 1.807) is 18.7 Å². The summed E-state index contributed by atoms with van der Waals surface area (Å²) in [6.45, 7) is 9.29. The molecule has 2 atom stereocenters. The summed E-state index contributed by atoms with van der Waals surface area (Å²) < 4.78 is 5.22. The first kappa shape index (κ1) is 15.8. The summed E-state index contributed by atoms with van der Waals surface area (Å²) in [5, 5.41) is 9.80. The highest BCUT2D eigenvalue weighted by molar-refractivity contribution is 7.99. The molecule has 0 amide bonds. The zero-order valence-electron chi connectivity index (χ0n) is 10.9. The lowest BCUT2D eigenvalue weighted by atomic mass is 10.0. The van der Waals surface area contributed by atoms with Crippen LogP contribution < -0.4 is 0 Å². The first-order chi connectivity index (χ1) is 7.28. The molecule has 0 aliphatic rings. The van der Waals surface area contributed by atoms with Crippen LogP contribution in [0, 0.1) is 5.92 Å². The number of esters is 1. The maximum atomic E-state index is 11.6. The Balaban J connectivity index is 4.01. The molecule has 0 radical (unpaired) electrons. The zero-order valence-corrected chi connectivity index (χ0v) is 11.8. The SMILES string of the molecule is CCSCCC(O)C(C)C(=O)OC(C)(C)C. The molecule has 0 aliphatic heterocycles. The molecule has 0 heterocycles. The number of aliphatic hydroxyl groups is 1. The maximum absolute atomic E-state index is 11.6. The molecular formula is C12H24O3S. The van der Waals surface area contributed by atoms with Crippen LogP contribution in [-0.4, -0.2) is 34.3 Å². The van der Waals surface area contributed by atoms with E-state index >= 15 is 0 Å². The smallest absolute Gasteiger partial charge is 0.311 e. The van der Waals surface area contributed by atoms with Gasteiger partial charge in [-0.2, -0.15) is 11.8 Å². The van der Waals surface area contributed by atoms with E-state index in [1.807, 2.05) is 20.8 Å². The van der Waals surface area contributed by atoms with E-state index in [0.717, 1.165) is 11.5 Å². The Morgan fingerprint density at radius 2 is 2.00 bits per heavy atom. The average molecular weight is 248 g/mol. The van der Waals surface area contributed by atoms with Crippen molar-refractivity contribution in [3.8, 4) is 0 Å². The van der Waals surface area contributed by atoms with E-state index in [1.165, 1.54) is 0 Å². The summed E-state index contributed by atoms with van der Waals surface area (Å²) in [5.41, 5.74) is -0.483. The van der Waals surface area contributed by atoms with Crippen LogP contribution in [0.25, 0.3) is 0 Å². The summed E-state index contributed by atoms with van der Waals surface area (Å²) in [5.74, 6) is 1.15. The Hall–Kier alpha value is -0.220. The van der Waals surface area contributed by atoms with E-state index in [0.29, 0.717) is 6.42 Å². The van der Waals surface area contributed by atoms with E-state index in [9.17, 15) is 9.90 Å². The van der Waals surface area contributed by atoms with Crippen molar-refractivity contribution >= 4 is 17.7 Å². The lowest BCUT2D eigenvalue weighted by Crippen LogP contribution is -2.33. The predicted octanol–water partition coefficient (Wildman–Crippen LogP) is 2.47. The van der Waals surface area contributed by atoms with Crippen LogP contribution in [0.15, 0.2) is 0 Å². The number of rotatable bonds is 6. The van der Waals surface area contributed by atoms with Crippen molar-refractivity contribution in [1.82, 2.24) is 0 Å². The quantitative estimate of drug-likeness (QED) is 0.579. The summed E-state index contributed by atoms with van der Waals surface area (Å²) in [4.78, 5) is 11.6. The van der Waals surface area contributed by atoms with Gasteiger partial charge in [0.15, 0.2) is 0 Å². The number of aliphatic hydroxyl groups excluding tert-OH is 1. The molecule has 0 saturated heterocycles. The van der Waals surface area contributed by atoms with Gasteiger partial charge in [-0.3, -0.25) is 4.79 Å². The molecule has 0 spiro atoms. The monoisotopic (exact) mass is 248 g/mol. The fourth-order valence-electron chi connectivity index (χ4n) is 1.15. The minimum atomic E-state index is -0.603. The van der Waals surface area contributed by atoms with E-state index < -0.39 is 17.6 Å². The molecule has 0 aliphatic carbocycles. The average Bonchev–Trinajstić information content (AvgIpc) is 2.14. The van der Waals surface area contributed by atoms with Gasteiger partial charge in [-0.15, -0.1) is 0 Å². The Kier molecular flexibility index (Phi) is 7.07. The van der Waals surface area contributed by atoms with Crippen LogP contribution in [0.3, 0.4) is 0 Å². The van der Waals surface area contributed by atoms with Crippen LogP contribution >= 0.6 is 11.8 Å². The van der Waals surface area contributed by atoms with Gasteiger partial charge in [-0.05, 0) is 45.6 Å². The number of carbonyl (C=O) groups excluding carboxylic acids is 1. The second kappa shape index (κ2) is 7.17. The van der Waals surface area contributed by atoms with Gasteiger partial charge in [0.25, 0.3) is 0 Å². The molecule has 16 heavy (non-hydrogen) atoms. The lowest BCUT2D eigenvalue weighted by Gasteiger charge is -2.24. The van der Waals surface area contributed by atoms with Crippen molar-refractivity contribution < 1.29 is 14.6 Å². The van der Waals surface area contributed by atoms with Gasteiger partial charge in [0.05, 0.1) is 12.0 Å². The third-order valence-electron chi connectivity index (χ3n) is 2.12. The predicted molar refractivity (Wildman–Crippen MR) is 68.6 cm³/mol. The van der Waals surface area contributed by atoms with Gasteiger partial charge in [-0.1, -0.05) is 6.92 Å². The third-order valence-corrected chi connectivity index (χ3v) is 3.05. The standard InChI is InChI=1S/C12H24O3S/c1-6-16-8-7-10(13)9(2)11(14)15-12(3,4)5/h9-10,13H,6-8H2,1-5H3. The van der Waals surface area contributed by atoms with E-state index in [4.69, 9.17) is 4.74 Å². The molecule has 4 heteroatoms. The summed E-state index contributed by atoms with van der Waals surface area (Å²) in [6.07, 6.45) is 0.0349. The highest BCUT2D eigenvalue weighted by Gasteiger charge is 2.26. The second-order valence-corrected chi connectivity index (χ2v) is 6.27. The molecule has 96 valence electrons. The fourth-order valence-corrected chi connectivity index (χ4v) is 1.85. The van der Waals surface area contributed by atoms with Crippen molar-refractivity contribution in [2.45, 2.75) is 52.7 Å². The van der Waals surface area contributed by atoms with Gasteiger partial charge < -0.3 is 9.84 Å². The topological polar surface area (TPSA) is 46.5 Å². The molecule has 0 saturated carbocycles. The van der Waals surface area contributed by atoms with Gasteiger partial charge in [-0.25, -0.2) is 0 Å². The largest absolute Gasteiger partial charge is 0.460 e. The van der Waals surface area contributed by atoms with Crippen LogP contribution in [0.1, 0.15) is 41.0 Å².